The van der Waals surface area contributed by atoms with Crippen LogP contribution < -0.4 is 10.0 Å². The molecule has 1 aromatic rings. The highest BCUT2D eigenvalue weighted by Gasteiger charge is 2.42. The van der Waals surface area contributed by atoms with Crippen LogP contribution in [0.4, 0.5) is 0 Å². The molecule has 1 saturated carbocycles. The molecule has 2 N–H and O–H groups in total. The van der Waals surface area contributed by atoms with Crippen molar-refractivity contribution in [3.05, 3.63) is 15.9 Å². The van der Waals surface area contributed by atoms with E-state index in [2.05, 4.69) is 26.0 Å². The molecule has 7 heteroatoms. The quantitative estimate of drug-likeness (QED) is 0.831. The van der Waals surface area contributed by atoms with Crippen molar-refractivity contribution in [1.82, 2.24) is 10.0 Å². The largest absolute Gasteiger partial charge is 0.319 e. The maximum Gasteiger partial charge on any atom is 0.250 e. The smallest absolute Gasteiger partial charge is 0.250 e. The van der Waals surface area contributed by atoms with Crippen molar-refractivity contribution in [2.75, 3.05) is 20.1 Å². The number of thiophene rings is 1. The number of hydrogen-bond donors (Lipinski definition) is 2. The van der Waals surface area contributed by atoms with Crippen LogP contribution in [0.3, 0.4) is 0 Å². The van der Waals surface area contributed by atoms with Crippen molar-refractivity contribution in [2.45, 2.75) is 17.1 Å². The van der Waals surface area contributed by atoms with Gasteiger partial charge in [-0.15, -0.1) is 11.3 Å². The van der Waals surface area contributed by atoms with E-state index in [-0.39, 0.29) is 5.41 Å². The Bertz CT molecular complexity index is 494. The standard InChI is InChI=1S/C10H15BrN2O2S2/c1-12-6-10(4-5-10)7-13-17(14,15)9-3-2-8(11)16-9/h2-3,12-13H,4-7H2,1H3. The van der Waals surface area contributed by atoms with Gasteiger partial charge in [-0.1, -0.05) is 0 Å². The third kappa shape index (κ3) is 3.29. The lowest BCUT2D eigenvalue weighted by Gasteiger charge is -2.14. The summed E-state index contributed by atoms with van der Waals surface area (Å²) < 4.78 is 27.9. The molecular weight excluding hydrogens is 324 g/mol. The zero-order chi connectivity index (χ0) is 12.5. The van der Waals surface area contributed by atoms with Gasteiger partial charge in [-0.3, -0.25) is 0 Å². The first-order valence-electron chi connectivity index (χ1n) is 5.37. The maximum atomic E-state index is 12.0. The molecule has 1 fully saturated rings. The minimum atomic E-state index is -3.34. The van der Waals surface area contributed by atoms with E-state index in [0.717, 1.165) is 23.2 Å². The Morgan fingerprint density at radius 3 is 2.59 bits per heavy atom. The molecule has 2 rings (SSSR count). The zero-order valence-corrected chi connectivity index (χ0v) is 12.7. The van der Waals surface area contributed by atoms with Gasteiger partial charge in [0.05, 0.1) is 3.79 Å². The molecule has 0 saturated heterocycles. The van der Waals surface area contributed by atoms with Gasteiger partial charge < -0.3 is 5.32 Å². The van der Waals surface area contributed by atoms with Crippen molar-refractivity contribution >= 4 is 37.3 Å². The highest BCUT2D eigenvalue weighted by Crippen LogP contribution is 2.44. The second-order valence-electron chi connectivity index (χ2n) is 4.41. The maximum absolute atomic E-state index is 12.0. The summed E-state index contributed by atoms with van der Waals surface area (Å²) in [5.74, 6) is 0. The van der Waals surface area contributed by atoms with Gasteiger partial charge in [-0.05, 0) is 53.4 Å². The molecule has 0 radical (unpaired) electrons. The summed E-state index contributed by atoms with van der Waals surface area (Å²) in [5.41, 5.74) is 0.135. The van der Waals surface area contributed by atoms with Crippen LogP contribution in [0, 0.1) is 5.41 Å². The lowest BCUT2D eigenvalue weighted by atomic mass is 10.1. The molecule has 4 nitrogen and oxygen atoms in total. The Kier molecular flexibility index (Phi) is 3.94. The second kappa shape index (κ2) is 4.97. The SMILES string of the molecule is CNCC1(CNS(=O)(=O)c2ccc(Br)s2)CC1. The summed E-state index contributed by atoms with van der Waals surface area (Å²) in [6.07, 6.45) is 2.18. The first-order valence-corrected chi connectivity index (χ1v) is 8.46. The van der Waals surface area contributed by atoms with E-state index in [4.69, 9.17) is 0 Å². The van der Waals surface area contributed by atoms with Crippen molar-refractivity contribution in [1.29, 1.82) is 0 Å². The number of rotatable bonds is 6. The van der Waals surface area contributed by atoms with Crippen LogP contribution in [0.15, 0.2) is 20.1 Å². The van der Waals surface area contributed by atoms with Crippen molar-refractivity contribution < 1.29 is 8.42 Å². The molecule has 1 aromatic heterocycles. The molecule has 96 valence electrons. The van der Waals surface area contributed by atoms with Crippen LogP contribution in [0.25, 0.3) is 0 Å². The fourth-order valence-corrected chi connectivity index (χ4v) is 4.94. The van der Waals surface area contributed by atoms with Crippen molar-refractivity contribution in [3.63, 3.8) is 0 Å². The summed E-state index contributed by atoms with van der Waals surface area (Å²) in [6.45, 7) is 1.38. The van der Waals surface area contributed by atoms with E-state index < -0.39 is 10.0 Å². The van der Waals surface area contributed by atoms with Gasteiger partial charge in [-0.25, -0.2) is 13.1 Å². The second-order valence-corrected chi connectivity index (χ2v) is 8.87. The summed E-state index contributed by atoms with van der Waals surface area (Å²) in [6, 6.07) is 3.37. The van der Waals surface area contributed by atoms with Gasteiger partial charge in [-0.2, -0.15) is 0 Å². The Morgan fingerprint density at radius 1 is 1.41 bits per heavy atom. The van der Waals surface area contributed by atoms with E-state index in [1.54, 1.807) is 12.1 Å². The number of nitrogens with one attached hydrogen (secondary N) is 2. The van der Waals surface area contributed by atoms with E-state index >= 15 is 0 Å². The number of hydrogen-bond acceptors (Lipinski definition) is 4. The first kappa shape index (κ1) is 13.5. The van der Waals surface area contributed by atoms with E-state index in [1.165, 1.54) is 11.3 Å². The minimum absolute atomic E-state index is 0.135. The molecule has 1 aliphatic rings. The summed E-state index contributed by atoms with van der Waals surface area (Å²) >= 11 is 4.50. The summed E-state index contributed by atoms with van der Waals surface area (Å²) in [5, 5.41) is 3.11. The third-order valence-corrected chi connectivity index (χ3v) is 6.48. The van der Waals surface area contributed by atoms with Crippen LogP contribution >= 0.6 is 27.3 Å². The lowest BCUT2D eigenvalue weighted by molar-refractivity contribution is 0.468. The molecule has 0 aliphatic heterocycles. The molecule has 0 bridgehead atoms. The Hall–Kier alpha value is 0.0500. The summed E-state index contributed by atoms with van der Waals surface area (Å²) in [7, 11) is -1.45. The third-order valence-electron chi connectivity index (χ3n) is 2.96. The van der Waals surface area contributed by atoms with Gasteiger partial charge in [0, 0.05) is 13.1 Å². The molecule has 0 aromatic carbocycles. The average molecular weight is 339 g/mol. The van der Waals surface area contributed by atoms with Crippen LogP contribution in [-0.4, -0.2) is 28.6 Å². The van der Waals surface area contributed by atoms with E-state index in [1.807, 2.05) is 7.05 Å². The molecule has 17 heavy (non-hydrogen) atoms. The molecule has 1 heterocycles. The monoisotopic (exact) mass is 338 g/mol. The fourth-order valence-electron chi connectivity index (χ4n) is 1.73. The molecule has 0 unspecified atom stereocenters. The molecular formula is C10H15BrN2O2S2. The topological polar surface area (TPSA) is 58.2 Å². The van der Waals surface area contributed by atoms with Crippen LogP contribution in [-0.2, 0) is 10.0 Å². The molecule has 0 amide bonds. The Morgan fingerprint density at radius 2 is 2.12 bits per heavy atom. The summed E-state index contributed by atoms with van der Waals surface area (Å²) in [4.78, 5) is 0. The Labute approximate surface area is 114 Å². The van der Waals surface area contributed by atoms with Crippen molar-refractivity contribution in [3.8, 4) is 0 Å². The highest BCUT2D eigenvalue weighted by atomic mass is 79.9. The van der Waals surface area contributed by atoms with Gasteiger partial charge in [0.25, 0.3) is 0 Å². The number of halogens is 1. The molecule has 1 aliphatic carbocycles. The predicted molar refractivity (Wildman–Crippen MR) is 72.8 cm³/mol. The van der Waals surface area contributed by atoms with E-state index in [0.29, 0.717) is 10.8 Å². The van der Waals surface area contributed by atoms with Gasteiger partial charge in [0.15, 0.2) is 0 Å². The minimum Gasteiger partial charge on any atom is -0.319 e. The molecule has 0 atom stereocenters. The predicted octanol–water partition coefficient (Wildman–Crippen LogP) is 1.79. The van der Waals surface area contributed by atoms with Gasteiger partial charge in [0.1, 0.15) is 4.21 Å². The average Bonchev–Trinajstić information content (AvgIpc) is 2.89. The zero-order valence-electron chi connectivity index (χ0n) is 9.49. The molecule has 0 spiro atoms. The lowest BCUT2D eigenvalue weighted by Crippen LogP contribution is -2.34. The highest BCUT2D eigenvalue weighted by molar-refractivity contribution is 9.11. The van der Waals surface area contributed by atoms with Gasteiger partial charge in [0.2, 0.25) is 10.0 Å². The van der Waals surface area contributed by atoms with Crippen LogP contribution in [0.5, 0.6) is 0 Å². The Balaban J connectivity index is 1.99. The van der Waals surface area contributed by atoms with Crippen LogP contribution in [0.1, 0.15) is 12.8 Å². The number of sulfonamides is 1. The normalized spacial score (nSPS) is 18.2. The van der Waals surface area contributed by atoms with Crippen LogP contribution in [0.2, 0.25) is 0 Å². The van der Waals surface area contributed by atoms with Gasteiger partial charge >= 0.3 is 0 Å². The van der Waals surface area contributed by atoms with E-state index in [9.17, 15) is 8.42 Å². The fraction of sp³-hybridized carbons (Fsp3) is 0.600. The van der Waals surface area contributed by atoms with Crippen molar-refractivity contribution in [2.24, 2.45) is 5.41 Å². The first-order chi connectivity index (χ1) is 7.97.